The van der Waals surface area contributed by atoms with Crippen LogP contribution in [-0.2, 0) is 11.3 Å². The lowest BCUT2D eigenvalue weighted by molar-refractivity contribution is 0.176. The molecule has 0 bridgehead atoms. The zero-order chi connectivity index (χ0) is 14.4. The van der Waals surface area contributed by atoms with E-state index in [1.165, 1.54) is 6.42 Å². The molecule has 0 amide bonds. The highest BCUT2D eigenvalue weighted by Crippen LogP contribution is 2.23. The summed E-state index contributed by atoms with van der Waals surface area (Å²) >= 11 is 1.75. The molecule has 0 unspecified atom stereocenters. The van der Waals surface area contributed by atoms with E-state index in [4.69, 9.17) is 4.74 Å². The van der Waals surface area contributed by atoms with Crippen molar-refractivity contribution in [2.24, 2.45) is 5.92 Å². The zero-order valence-electron chi connectivity index (χ0n) is 12.2. The molecular weight excluding hydrogens is 270 g/mol. The lowest BCUT2D eigenvalue weighted by Crippen LogP contribution is -2.04. The van der Waals surface area contributed by atoms with Gasteiger partial charge in [-0.3, -0.25) is 4.57 Å². The Labute approximate surface area is 124 Å². The summed E-state index contributed by atoms with van der Waals surface area (Å²) in [6, 6.07) is 10.2. The minimum atomic E-state index is 0.465. The van der Waals surface area contributed by atoms with Crippen LogP contribution in [0.4, 0.5) is 0 Å². The van der Waals surface area contributed by atoms with Crippen molar-refractivity contribution in [3.8, 4) is 5.69 Å². The number of methoxy groups -OCH3 is 1. The molecule has 0 saturated carbocycles. The van der Waals surface area contributed by atoms with E-state index in [0.29, 0.717) is 12.5 Å². The van der Waals surface area contributed by atoms with Crippen LogP contribution in [0.2, 0.25) is 0 Å². The predicted molar refractivity (Wildman–Crippen MR) is 82.3 cm³/mol. The number of hydrogen-bond donors (Lipinski definition) is 0. The normalized spacial score (nSPS) is 11.2. The second-order valence-corrected chi connectivity index (χ2v) is 6.10. The molecule has 20 heavy (non-hydrogen) atoms. The summed E-state index contributed by atoms with van der Waals surface area (Å²) in [5, 5.41) is 9.49. The highest BCUT2D eigenvalue weighted by Gasteiger charge is 2.14. The Morgan fingerprint density at radius 1 is 1.20 bits per heavy atom. The van der Waals surface area contributed by atoms with Crippen molar-refractivity contribution < 1.29 is 4.74 Å². The van der Waals surface area contributed by atoms with Crippen molar-refractivity contribution in [3.05, 3.63) is 36.2 Å². The minimum absolute atomic E-state index is 0.465. The van der Waals surface area contributed by atoms with Gasteiger partial charge >= 0.3 is 0 Å². The first-order valence-electron chi connectivity index (χ1n) is 6.83. The van der Waals surface area contributed by atoms with Crippen molar-refractivity contribution in [2.45, 2.75) is 32.0 Å². The Morgan fingerprint density at radius 2 is 1.95 bits per heavy atom. The maximum Gasteiger partial charge on any atom is 0.195 e. The van der Waals surface area contributed by atoms with Gasteiger partial charge in [0.05, 0.1) is 0 Å². The highest BCUT2D eigenvalue weighted by molar-refractivity contribution is 7.99. The third-order valence-corrected chi connectivity index (χ3v) is 3.88. The van der Waals surface area contributed by atoms with Crippen LogP contribution in [0.25, 0.3) is 5.69 Å². The minimum Gasteiger partial charge on any atom is -0.377 e. The van der Waals surface area contributed by atoms with Gasteiger partial charge in [0.25, 0.3) is 0 Å². The fraction of sp³-hybridized carbons (Fsp3) is 0.467. The fourth-order valence-corrected chi connectivity index (χ4v) is 3.05. The molecule has 0 aliphatic heterocycles. The molecule has 1 aromatic heterocycles. The van der Waals surface area contributed by atoms with Crippen LogP contribution >= 0.6 is 11.8 Å². The van der Waals surface area contributed by atoms with Crippen molar-refractivity contribution >= 4 is 11.8 Å². The van der Waals surface area contributed by atoms with Crippen LogP contribution in [0.3, 0.4) is 0 Å². The first-order chi connectivity index (χ1) is 9.72. The Hall–Kier alpha value is -1.33. The summed E-state index contributed by atoms with van der Waals surface area (Å²) in [5.41, 5.74) is 1.08. The number of hydrogen-bond acceptors (Lipinski definition) is 4. The number of benzene rings is 1. The molecule has 2 rings (SSSR count). The first-order valence-corrected chi connectivity index (χ1v) is 7.82. The molecule has 1 aromatic carbocycles. The van der Waals surface area contributed by atoms with Gasteiger partial charge in [0.1, 0.15) is 6.61 Å². The second-order valence-electron chi connectivity index (χ2n) is 5.03. The smallest absolute Gasteiger partial charge is 0.195 e. The van der Waals surface area contributed by atoms with Crippen LogP contribution in [0.5, 0.6) is 0 Å². The summed E-state index contributed by atoms with van der Waals surface area (Å²) in [5.74, 6) is 2.59. The molecule has 4 nitrogen and oxygen atoms in total. The maximum atomic E-state index is 5.21. The first kappa shape index (κ1) is 15.1. The van der Waals surface area contributed by atoms with Gasteiger partial charge in [-0.25, -0.2) is 0 Å². The zero-order valence-corrected chi connectivity index (χ0v) is 13.1. The van der Waals surface area contributed by atoms with Gasteiger partial charge in [0, 0.05) is 18.6 Å². The quantitative estimate of drug-likeness (QED) is 0.731. The van der Waals surface area contributed by atoms with E-state index >= 15 is 0 Å². The van der Waals surface area contributed by atoms with Crippen molar-refractivity contribution in [1.82, 2.24) is 14.8 Å². The van der Waals surface area contributed by atoms with E-state index in [0.717, 1.165) is 22.4 Å². The molecule has 0 N–H and O–H groups in total. The van der Waals surface area contributed by atoms with Crippen LogP contribution in [-0.4, -0.2) is 27.6 Å². The molecule has 0 atom stereocenters. The average molecular weight is 291 g/mol. The van der Waals surface area contributed by atoms with Gasteiger partial charge in [0.15, 0.2) is 11.0 Å². The molecule has 0 aliphatic rings. The number of ether oxygens (including phenoxy) is 1. The molecule has 108 valence electrons. The van der Waals surface area contributed by atoms with Gasteiger partial charge in [0.2, 0.25) is 0 Å². The Morgan fingerprint density at radius 3 is 2.60 bits per heavy atom. The topological polar surface area (TPSA) is 39.9 Å². The van der Waals surface area contributed by atoms with Gasteiger partial charge in [-0.15, -0.1) is 10.2 Å². The summed E-state index contributed by atoms with van der Waals surface area (Å²) < 4.78 is 7.29. The van der Waals surface area contributed by atoms with Crippen molar-refractivity contribution in [3.63, 3.8) is 0 Å². The van der Waals surface area contributed by atoms with Crippen LogP contribution < -0.4 is 0 Å². The molecular formula is C15H21N3OS. The van der Waals surface area contributed by atoms with E-state index in [9.17, 15) is 0 Å². The molecule has 0 saturated heterocycles. The standard InChI is InChI=1S/C15H21N3OS/c1-12(2)9-10-20-15-17-16-14(11-19-3)18(15)13-7-5-4-6-8-13/h4-8,12H,9-11H2,1-3H3. The third-order valence-electron chi connectivity index (χ3n) is 2.91. The number of para-hydroxylation sites is 1. The Kier molecular flexibility index (Phi) is 5.61. The van der Waals surface area contributed by atoms with E-state index in [1.54, 1.807) is 18.9 Å². The maximum absolute atomic E-state index is 5.21. The lowest BCUT2D eigenvalue weighted by Gasteiger charge is -2.10. The van der Waals surface area contributed by atoms with Gasteiger partial charge in [-0.05, 0) is 24.5 Å². The number of rotatable bonds is 7. The van der Waals surface area contributed by atoms with Crippen molar-refractivity contribution in [1.29, 1.82) is 0 Å². The molecule has 1 heterocycles. The number of aromatic nitrogens is 3. The number of thioether (sulfide) groups is 1. The summed E-state index contributed by atoms with van der Waals surface area (Å²) in [6.07, 6.45) is 1.17. The Balaban J connectivity index is 2.23. The average Bonchev–Trinajstić information content (AvgIpc) is 2.83. The molecule has 2 aromatic rings. The van der Waals surface area contributed by atoms with Gasteiger partial charge in [-0.1, -0.05) is 43.8 Å². The third kappa shape index (κ3) is 3.84. The van der Waals surface area contributed by atoms with Crippen LogP contribution in [0, 0.1) is 5.92 Å². The molecule has 0 spiro atoms. The monoisotopic (exact) mass is 291 g/mol. The van der Waals surface area contributed by atoms with Crippen LogP contribution in [0.1, 0.15) is 26.1 Å². The molecule has 5 heteroatoms. The van der Waals surface area contributed by atoms with E-state index in [-0.39, 0.29) is 0 Å². The molecule has 0 aliphatic carbocycles. The van der Waals surface area contributed by atoms with Gasteiger partial charge in [-0.2, -0.15) is 0 Å². The second kappa shape index (κ2) is 7.45. The fourth-order valence-electron chi connectivity index (χ4n) is 1.84. The largest absolute Gasteiger partial charge is 0.377 e. The van der Waals surface area contributed by atoms with E-state index < -0.39 is 0 Å². The lowest BCUT2D eigenvalue weighted by atomic mass is 10.2. The van der Waals surface area contributed by atoms with Crippen molar-refractivity contribution in [2.75, 3.05) is 12.9 Å². The molecule has 0 radical (unpaired) electrons. The molecule has 0 fully saturated rings. The SMILES string of the molecule is COCc1nnc(SCCC(C)C)n1-c1ccccc1. The predicted octanol–water partition coefficient (Wildman–Crippen LogP) is 3.55. The van der Waals surface area contributed by atoms with Crippen LogP contribution in [0.15, 0.2) is 35.5 Å². The summed E-state index contributed by atoms with van der Waals surface area (Å²) in [4.78, 5) is 0. The van der Waals surface area contributed by atoms with E-state index in [1.807, 2.05) is 18.2 Å². The summed E-state index contributed by atoms with van der Waals surface area (Å²) in [7, 11) is 1.68. The Bertz CT molecular complexity index is 525. The van der Waals surface area contributed by atoms with Gasteiger partial charge < -0.3 is 4.74 Å². The highest BCUT2D eigenvalue weighted by atomic mass is 32.2. The summed E-state index contributed by atoms with van der Waals surface area (Å²) in [6.45, 7) is 4.93. The van der Waals surface area contributed by atoms with E-state index in [2.05, 4.69) is 40.7 Å². The number of nitrogens with zero attached hydrogens (tertiary/aromatic N) is 3.